The normalized spacial score (nSPS) is 20.2. The van der Waals surface area contributed by atoms with Gasteiger partial charge in [-0.1, -0.05) is 18.2 Å². The van der Waals surface area contributed by atoms with Gasteiger partial charge in [0.1, 0.15) is 5.75 Å². The molecule has 7 nitrogen and oxygen atoms in total. The number of pyridine rings is 1. The van der Waals surface area contributed by atoms with Crippen LogP contribution < -0.4 is 4.74 Å². The number of piperidine rings is 1. The van der Waals surface area contributed by atoms with Crippen LogP contribution in [-0.4, -0.2) is 71.3 Å². The summed E-state index contributed by atoms with van der Waals surface area (Å²) in [6, 6.07) is 13.7. The van der Waals surface area contributed by atoms with Gasteiger partial charge in [-0.25, -0.2) is 0 Å². The zero-order valence-corrected chi connectivity index (χ0v) is 18.8. The second kappa shape index (κ2) is 10.6. The predicted octanol–water partition coefficient (Wildman–Crippen LogP) is 2.56. The number of benzene rings is 1. The summed E-state index contributed by atoms with van der Waals surface area (Å²) >= 11 is 0. The van der Waals surface area contributed by atoms with E-state index in [2.05, 4.69) is 9.88 Å². The molecule has 2 amide bonds. The number of carbonyl (C=O) groups excluding carboxylic acids is 2. The van der Waals surface area contributed by atoms with Gasteiger partial charge in [0.25, 0.3) is 0 Å². The molecule has 2 saturated heterocycles. The lowest BCUT2D eigenvalue weighted by molar-refractivity contribution is -0.143. The van der Waals surface area contributed by atoms with Crippen molar-refractivity contribution < 1.29 is 14.3 Å². The molecule has 32 heavy (non-hydrogen) atoms. The quantitative estimate of drug-likeness (QED) is 0.696. The van der Waals surface area contributed by atoms with E-state index >= 15 is 0 Å². The van der Waals surface area contributed by atoms with Gasteiger partial charge in [0.05, 0.1) is 18.7 Å². The molecule has 1 unspecified atom stereocenters. The fraction of sp³-hybridized carbons (Fsp3) is 0.480. The summed E-state index contributed by atoms with van der Waals surface area (Å²) in [6.45, 7) is 5.13. The third-order valence-electron chi connectivity index (χ3n) is 6.37. The molecule has 0 radical (unpaired) electrons. The lowest BCUT2D eigenvalue weighted by Gasteiger charge is -2.34. The largest absolute Gasteiger partial charge is 0.497 e. The maximum Gasteiger partial charge on any atom is 0.227 e. The fourth-order valence-corrected chi connectivity index (χ4v) is 4.59. The number of likely N-dealkylation sites (tertiary alicyclic amines) is 1. The van der Waals surface area contributed by atoms with Crippen molar-refractivity contribution in [2.24, 2.45) is 5.92 Å². The minimum Gasteiger partial charge on any atom is -0.497 e. The molecule has 4 rings (SSSR count). The van der Waals surface area contributed by atoms with Gasteiger partial charge in [0, 0.05) is 58.4 Å². The summed E-state index contributed by atoms with van der Waals surface area (Å²) in [5.41, 5.74) is 2.08. The summed E-state index contributed by atoms with van der Waals surface area (Å²) in [5, 5.41) is 0. The second-order valence-corrected chi connectivity index (χ2v) is 8.64. The first-order valence-electron chi connectivity index (χ1n) is 11.4. The Labute approximate surface area is 190 Å². The zero-order chi connectivity index (χ0) is 22.3. The molecular weight excluding hydrogens is 404 g/mol. The summed E-state index contributed by atoms with van der Waals surface area (Å²) in [4.78, 5) is 36.5. The van der Waals surface area contributed by atoms with Crippen LogP contribution in [0.25, 0.3) is 0 Å². The SMILES string of the molecule is COc1cccc(CN2CC(C(=O)N3CCCN(Cc4ccccn4)CC3)CCC2=O)c1. The van der Waals surface area contributed by atoms with Gasteiger partial charge in [0.2, 0.25) is 11.8 Å². The minimum atomic E-state index is -0.124. The molecule has 0 aliphatic carbocycles. The van der Waals surface area contributed by atoms with Crippen molar-refractivity contribution in [3.8, 4) is 5.75 Å². The minimum absolute atomic E-state index is 0.120. The molecule has 1 aromatic heterocycles. The first kappa shape index (κ1) is 22.3. The molecule has 170 valence electrons. The van der Waals surface area contributed by atoms with Crippen LogP contribution in [0.15, 0.2) is 48.7 Å². The van der Waals surface area contributed by atoms with Crippen LogP contribution >= 0.6 is 0 Å². The first-order chi connectivity index (χ1) is 15.6. The molecule has 0 spiro atoms. The van der Waals surface area contributed by atoms with Crippen molar-refractivity contribution >= 4 is 11.8 Å². The summed E-state index contributed by atoms with van der Waals surface area (Å²) in [6.07, 6.45) is 3.85. The van der Waals surface area contributed by atoms with Crippen LogP contribution in [0, 0.1) is 5.92 Å². The number of hydrogen-bond donors (Lipinski definition) is 0. The molecule has 2 aromatic rings. The van der Waals surface area contributed by atoms with E-state index in [1.165, 1.54) is 0 Å². The van der Waals surface area contributed by atoms with Crippen LogP contribution in [0.2, 0.25) is 0 Å². The molecule has 3 heterocycles. The van der Waals surface area contributed by atoms with Crippen LogP contribution in [-0.2, 0) is 22.7 Å². The van der Waals surface area contributed by atoms with E-state index < -0.39 is 0 Å². The Bertz CT molecular complexity index is 920. The Hall–Kier alpha value is -2.93. The Kier molecular flexibility index (Phi) is 7.37. The van der Waals surface area contributed by atoms with Crippen molar-refractivity contribution in [2.45, 2.75) is 32.4 Å². The highest BCUT2D eigenvalue weighted by atomic mass is 16.5. The highest BCUT2D eigenvalue weighted by molar-refractivity contribution is 5.84. The van der Waals surface area contributed by atoms with E-state index in [0.717, 1.165) is 56.2 Å². The number of nitrogens with zero attached hydrogens (tertiary/aromatic N) is 4. The number of amides is 2. The molecule has 0 bridgehead atoms. The van der Waals surface area contributed by atoms with Gasteiger partial charge >= 0.3 is 0 Å². The van der Waals surface area contributed by atoms with Gasteiger partial charge in [-0.15, -0.1) is 0 Å². The van der Waals surface area contributed by atoms with Gasteiger partial charge < -0.3 is 14.5 Å². The fourth-order valence-electron chi connectivity index (χ4n) is 4.59. The molecule has 7 heteroatoms. The van der Waals surface area contributed by atoms with E-state index in [0.29, 0.717) is 25.9 Å². The number of carbonyl (C=O) groups is 2. The zero-order valence-electron chi connectivity index (χ0n) is 18.8. The smallest absolute Gasteiger partial charge is 0.227 e. The molecule has 0 saturated carbocycles. The molecule has 2 aliphatic rings. The first-order valence-corrected chi connectivity index (χ1v) is 11.4. The number of hydrogen-bond acceptors (Lipinski definition) is 5. The van der Waals surface area contributed by atoms with Crippen LogP contribution in [0.1, 0.15) is 30.5 Å². The molecule has 2 fully saturated rings. The van der Waals surface area contributed by atoms with E-state index in [4.69, 9.17) is 4.74 Å². The second-order valence-electron chi connectivity index (χ2n) is 8.64. The van der Waals surface area contributed by atoms with Crippen molar-refractivity contribution in [3.63, 3.8) is 0 Å². The molecule has 0 N–H and O–H groups in total. The van der Waals surface area contributed by atoms with Crippen molar-refractivity contribution in [3.05, 3.63) is 59.9 Å². The van der Waals surface area contributed by atoms with Gasteiger partial charge in [-0.05, 0) is 42.7 Å². The Morgan fingerprint density at radius 2 is 2.00 bits per heavy atom. The van der Waals surface area contributed by atoms with Crippen molar-refractivity contribution in [1.29, 1.82) is 0 Å². The topological polar surface area (TPSA) is 66.0 Å². The van der Waals surface area contributed by atoms with Crippen LogP contribution in [0.3, 0.4) is 0 Å². The third-order valence-corrected chi connectivity index (χ3v) is 6.37. The van der Waals surface area contributed by atoms with Crippen LogP contribution in [0.5, 0.6) is 5.75 Å². The summed E-state index contributed by atoms with van der Waals surface area (Å²) in [5.74, 6) is 0.960. The lowest BCUT2D eigenvalue weighted by atomic mass is 9.95. The van der Waals surface area contributed by atoms with Crippen LogP contribution in [0.4, 0.5) is 0 Å². The standard InChI is InChI=1S/C25H32N4O3/c1-32-23-8-4-6-20(16-23)17-29-18-21(9-10-24(29)30)25(31)28-13-5-12-27(14-15-28)19-22-7-2-3-11-26-22/h2-4,6-8,11,16,21H,5,9-10,12-15,17-19H2,1H3. The third kappa shape index (κ3) is 5.65. The van der Waals surface area contributed by atoms with Crippen molar-refractivity contribution in [2.75, 3.05) is 39.8 Å². The molecule has 2 aliphatic heterocycles. The van der Waals surface area contributed by atoms with Crippen molar-refractivity contribution in [1.82, 2.24) is 19.7 Å². The van der Waals surface area contributed by atoms with E-state index in [1.54, 1.807) is 7.11 Å². The Morgan fingerprint density at radius 1 is 1.09 bits per heavy atom. The van der Waals surface area contributed by atoms with E-state index in [1.807, 2.05) is 58.5 Å². The monoisotopic (exact) mass is 436 g/mol. The average molecular weight is 437 g/mol. The summed E-state index contributed by atoms with van der Waals surface area (Å²) in [7, 11) is 1.64. The Morgan fingerprint density at radius 3 is 2.81 bits per heavy atom. The predicted molar refractivity (Wildman–Crippen MR) is 122 cm³/mol. The average Bonchev–Trinajstić information content (AvgIpc) is 3.06. The van der Waals surface area contributed by atoms with Gasteiger partial charge in [-0.3, -0.25) is 19.5 Å². The molecule has 1 aromatic carbocycles. The van der Waals surface area contributed by atoms with Gasteiger partial charge in [0.15, 0.2) is 0 Å². The van der Waals surface area contributed by atoms with E-state index in [-0.39, 0.29) is 17.7 Å². The molecule has 1 atom stereocenters. The summed E-state index contributed by atoms with van der Waals surface area (Å²) < 4.78 is 5.30. The maximum absolute atomic E-state index is 13.3. The molecular formula is C25H32N4O3. The highest BCUT2D eigenvalue weighted by Crippen LogP contribution is 2.23. The Balaban J connectivity index is 1.33. The highest BCUT2D eigenvalue weighted by Gasteiger charge is 2.33. The number of ether oxygens (including phenoxy) is 1. The number of aromatic nitrogens is 1. The number of rotatable bonds is 6. The number of methoxy groups -OCH3 is 1. The van der Waals surface area contributed by atoms with Gasteiger partial charge in [-0.2, -0.15) is 0 Å². The van der Waals surface area contributed by atoms with E-state index in [9.17, 15) is 9.59 Å². The maximum atomic E-state index is 13.3. The lowest BCUT2D eigenvalue weighted by Crippen LogP contribution is -2.47.